The monoisotopic (exact) mass is 266 g/mol. The van der Waals surface area contributed by atoms with Crippen LogP contribution < -0.4 is 5.32 Å². The van der Waals surface area contributed by atoms with Gasteiger partial charge in [-0.1, -0.05) is 19.9 Å². The number of nitrogens with zero attached hydrogens (tertiary/aromatic N) is 1. The molecule has 1 saturated carbocycles. The second-order valence-corrected chi connectivity index (χ2v) is 5.44. The Hall–Kier alpha value is -1.49. The van der Waals surface area contributed by atoms with Crippen molar-refractivity contribution in [3.63, 3.8) is 0 Å². The van der Waals surface area contributed by atoms with Crippen molar-refractivity contribution in [2.24, 2.45) is 11.8 Å². The minimum Gasteiger partial charge on any atom is -0.310 e. The highest BCUT2D eigenvalue weighted by molar-refractivity contribution is 5.34. The molecule has 2 rings (SSSR count). The molecule has 0 amide bonds. The maximum absolute atomic E-state index is 13.5. The lowest BCUT2D eigenvalue weighted by Gasteiger charge is -2.19. The highest BCUT2D eigenvalue weighted by Gasteiger charge is 2.29. The van der Waals surface area contributed by atoms with Crippen molar-refractivity contribution in [1.82, 2.24) is 5.32 Å². The zero-order valence-corrected chi connectivity index (χ0v) is 11.2. The third-order valence-corrected chi connectivity index (χ3v) is 4.24. The average molecular weight is 266 g/mol. The number of nitrogens with one attached hydrogen (secondary N) is 1. The van der Waals surface area contributed by atoms with E-state index < -0.39 is 16.4 Å². The minimum absolute atomic E-state index is 0.452. The number of nitro groups is 1. The molecule has 1 aliphatic carbocycles. The highest BCUT2D eigenvalue weighted by Crippen LogP contribution is 2.31. The fourth-order valence-electron chi connectivity index (χ4n) is 2.71. The van der Waals surface area contributed by atoms with Crippen LogP contribution >= 0.6 is 0 Å². The smallest absolute Gasteiger partial charge is 0.304 e. The molecule has 0 aromatic heterocycles. The molecule has 104 valence electrons. The summed E-state index contributed by atoms with van der Waals surface area (Å²) in [6, 6.07) is 4.53. The van der Waals surface area contributed by atoms with Crippen LogP contribution in [0.3, 0.4) is 0 Å². The van der Waals surface area contributed by atoms with Gasteiger partial charge >= 0.3 is 5.69 Å². The van der Waals surface area contributed by atoms with Gasteiger partial charge in [-0.25, -0.2) is 0 Å². The SMILES string of the molecule is CC1CCC(NCc2ccc([N+](=O)[O-])c(F)c2)C1C. The standard InChI is InChI=1S/C14H19FN2O2/c1-9-3-5-13(10(9)2)16-8-11-4-6-14(17(18)19)12(15)7-11/h4,6-7,9-10,13,16H,3,5,8H2,1-2H3. The summed E-state index contributed by atoms with van der Waals surface area (Å²) in [4.78, 5) is 9.83. The van der Waals surface area contributed by atoms with E-state index in [2.05, 4.69) is 19.2 Å². The van der Waals surface area contributed by atoms with E-state index >= 15 is 0 Å². The molecule has 0 radical (unpaired) electrons. The molecule has 0 aliphatic heterocycles. The molecule has 1 aromatic rings. The van der Waals surface area contributed by atoms with Crippen molar-refractivity contribution < 1.29 is 9.31 Å². The molecule has 1 N–H and O–H groups in total. The first-order chi connectivity index (χ1) is 8.99. The Bertz CT molecular complexity index is 479. The Labute approximate surface area is 112 Å². The van der Waals surface area contributed by atoms with E-state index in [4.69, 9.17) is 0 Å². The zero-order chi connectivity index (χ0) is 14.0. The average Bonchev–Trinajstić information content (AvgIpc) is 2.67. The predicted octanol–water partition coefficient (Wildman–Crippen LogP) is 3.26. The molecule has 1 fully saturated rings. The fourth-order valence-corrected chi connectivity index (χ4v) is 2.71. The van der Waals surface area contributed by atoms with Crippen LogP contribution in [0.1, 0.15) is 32.3 Å². The van der Waals surface area contributed by atoms with Crippen molar-refractivity contribution in [3.05, 3.63) is 39.7 Å². The molecule has 19 heavy (non-hydrogen) atoms. The summed E-state index contributed by atoms with van der Waals surface area (Å²) in [7, 11) is 0. The second kappa shape index (κ2) is 5.65. The van der Waals surface area contributed by atoms with Crippen LogP contribution in [-0.2, 0) is 6.54 Å². The van der Waals surface area contributed by atoms with E-state index in [0.717, 1.165) is 12.0 Å². The second-order valence-electron chi connectivity index (χ2n) is 5.44. The van der Waals surface area contributed by atoms with Crippen LogP contribution in [0.15, 0.2) is 18.2 Å². The summed E-state index contributed by atoms with van der Waals surface area (Å²) in [6.45, 7) is 5.03. The highest BCUT2D eigenvalue weighted by atomic mass is 19.1. The predicted molar refractivity (Wildman–Crippen MR) is 71.2 cm³/mol. The van der Waals surface area contributed by atoms with Crippen LogP contribution in [0.4, 0.5) is 10.1 Å². The third kappa shape index (κ3) is 3.10. The van der Waals surface area contributed by atoms with E-state index in [-0.39, 0.29) is 0 Å². The molecular formula is C14H19FN2O2. The van der Waals surface area contributed by atoms with Crippen molar-refractivity contribution in [2.45, 2.75) is 39.3 Å². The summed E-state index contributed by atoms with van der Waals surface area (Å²) >= 11 is 0. The first kappa shape index (κ1) is 13.9. The fraction of sp³-hybridized carbons (Fsp3) is 0.571. The van der Waals surface area contributed by atoms with Crippen LogP contribution in [0.2, 0.25) is 0 Å². The number of rotatable bonds is 4. The number of hydrogen-bond acceptors (Lipinski definition) is 3. The van der Waals surface area contributed by atoms with Crippen LogP contribution in [-0.4, -0.2) is 11.0 Å². The lowest BCUT2D eigenvalue weighted by atomic mass is 9.97. The van der Waals surface area contributed by atoms with Gasteiger partial charge in [0.15, 0.2) is 0 Å². The quantitative estimate of drug-likeness (QED) is 0.672. The molecule has 3 unspecified atom stereocenters. The zero-order valence-electron chi connectivity index (χ0n) is 11.2. The van der Waals surface area contributed by atoms with Crippen LogP contribution in [0.5, 0.6) is 0 Å². The van der Waals surface area contributed by atoms with Gasteiger partial charge < -0.3 is 5.32 Å². The number of benzene rings is 1. The molecule has 1 aliphatic rings. The normalized spacial score (nSPS) is 26.6. The van der Waals surface area contributed by atoms with Crippen LogP contribution in [0, 0.1) is 27.8 Å². The van der Waals surface area contributed by atoms with Gasteiger partial charge in [0.05, 0.1) is 4.92 Å². The van der Waals surface area contributed by atoms with Gasteiger partial charge in [-0.15, -0.1) is 0 Å². The van der Waals surface area contributed by atoms with Crippen molar-refractivity contribution in [1.29, 1.82) is 0 Å². The largest absolute Gasteiger partial charge is 0.310 e. The first-order valence-electron chi connectivity index (χ1n) is 6.65. The maximum atomic E-state index is 13.5. The first-order valence-corrected chi connectivity index (χ1v) is 6.65. The topological polar surface area (TPSA) is 55.2 Å². The summed E-state index contributed by atoms with van der Waals surface area (Å²) in [5, 5.41) is 13.9. The summed E-state index contributed by atoms with van der Waals surface area (Å²) < 4.78 is 13.5. The third-order valence-electron chi connectivity index (χ3n) is 4.24. The molecule has 1 aromatic carbocycles. The van der Waals surface area contributed by atoms with Crippen LogP contribution in [0.25, 0.3) is 0 Å². The van der Waals surface area contributed by atoms with Crippen molar-refractivity contribution in [3.8, 4) is 0 Å². The molecule has 3 atom stereocenters. The van der Waals surface area contributed by atoms with Gasteiger partial charge in [0.1, 0.15) is 0 Å². The summed E-state index contributed by atoms with van der Waals surface area (Å²) in [6.07, 6.45) is 2.35. The van der Waals surface area contributed by atoms with E-state index in [1.165, 1.54) is 18.6 Å². The Kier molecular flexibility index (Phi) is 4.14. The van der Waals surface area contributed by atoms with Gasteiger partial charge in [0.25, 0.3) is 0 Å². The lowest BCUT2D eigenvalue weighted by Crippen LogP contribution is -2.31. The lowest BCUT2D eigenvalue weighted by molar-refractivity contribution is -0.387. The molecule has 0 spiro atoms. The Morgan fingerprint density at radius 1 is 1.42 bits per heavy atom. The van der Waals surface area contributed by atoms with E-state index in [0.29, 0.717) is 24.4 Å². The maximum Gasteiger partial charge on any atom is 0.304 e. The van der Waals surface area contributed by atoms with Gasteiger partial charge in [-0.05, 0) is 36.3 Å². The number of hydrogen-bond donors (Lipinski definition) is 1. The number of halogens is 1. The Morgan fingerprint density at radius 3 is 2.68 bits per heavy atom. The van der Waals surface area contributed by atoms with Crippen molar-refractivity contribution >= 4 is 5.69 Å². The summed E-state index contributed by atoms with van der Waals surface area (Å²) in [5.41, 5.74) is 0.279. The molecule has 0 bridgehead atoms. The Balaban J connectivity index is 1.97. The van der Waals surface area contributed by atoms with E-state index in [1.54, 1.807) is 6.07 Å². The van der Waals surface area contributed by atoms with Gasteiger partial charge in [0.2, 0.25) is 5.82 Å². The summed E-state index contributed by atoms with van der Waals surface area (Å²) in [5.74, 6) is 0.561. The van der Waals surface area contributed by atoms with Crippen molar-refractivity contribution in [2.75, 3.05) is 0 Å². The molecular weight excluding hydrogens is 247 g/mol. The molecule has 0 saturated heterocycles. The minimum atomic E-state index is -0.767. The van der Waals surface area contributed by atoms with Gasteiger partial charge in [-0.3, -0.25) is 10.1 Å². The van der Waals surface area contributed by atoms with Gasteiger partial charge in [-0.2, -0.15) is 4.39 Å². The number of nitro benzene ring substituents is 1. The molecule has 4 nitrogen and oxygen atoms in total. The molecule has 5 heteroatoms. The van der Waals surface area contributed by atoms with E-state index in [1.807, 2.05) is 0 Å². The van der Waals surface area contributed by atoms with E-state index in [9.17, 15) is 14.5 Å². The Morgan fingerprint density at radius 2 is 2.16 bits per heavy atom. The molecule has 0 heterocycles. The van der Waals surface area contributed by atoms with Gasteiger partial charge in [0, 0.05) is 18.7 Å².